The first kappa shape index (κ1) is 18.1. The summed E-state index contributed by atoms with van der Waals surface area (Å²) in [5, 5.41) is 4.84. The number of hydrogen-bond donors (Lipinski definition) is 1. The number of thiophene rings is 1. The maximum Gasteiger partial charge on any atom is 0.251 e. The highest BCUT2D eigenvalue weighted by Crippen LogP contribution is 2.29. The molecule has 0 bridgehead atoms. The number of aryl methyl sites for hydroxylation is 1. The number of aromatic nitrogens is 2. The zero-order chi connectivity index (χ0) is 18.5. The summed E-state index contributed by atoms with van der Waals surface area (Å²) >= 11 is 1.42. The van der Waals surface area contributed by atoms with Gasteiger partial charge in [-0.2, -0.15) is 0 Å². The number of Topliss-reactive ketones (excluding diaryl/α,β-unsaturated/α-hetero) is 1. The van der Waals surface area contributed by atoms with E-state index < -0.39 is 0 Å². The molecule has 3 rings (SSSR count). The standard InChI is InChI=1S/C20H21N3O2S/c1-3-18-21-8-10-23(18)11-9-22-20(25)16-6-4-5-15(13-16)17-7-12-26-19(17)14(2)24/h4-8,10,12-13H,3,9,11H2,1-2H3,(H,22,25). The van der Waals surface area contributed by atoms with E-state index in [9.17, 15) is 9.59 Å². The van der Waals surface area contributed by atoms with Crippen LogP contribution < -0.4 is 5.32 Å². The molecule has 0 saturated carbocycles. The molecule has 1 N–H and O–H groups in total. The second-order valence-corrected chi connectivity index (χ2v) is 6.86. The van der Waals surface area contributed by atoms with Crippen LogP contribution in [0.3, 0.4) is 0 Å². The fourth-order valence-electron chi connectivity index (χ4n) is 2.89. The molecule has 3 aromatic rings. The van der Waals surface area contributed by atoms with Gasteiger partial charge in [0, 0.05) is 43.0 Å². The van der Waals surface area contributed by atoms with Gasteiger partial charge in [-0.25, -0.2) is 4.98 Å². The van der Waals surface area contributed by atoms with Gasteiger partial charge in [-0.05, 0) is 36.1 Å². The molecule has 0 aliphatic carbocycles. The highest BCUT2D eigenvalue weighted by Gasteiger charge is 2.13. The quantitative estimate of drug-likeness (QED) is 0.646. The first-order chi connectivity index (χ1) is 12.6. The Hall–Kier alpha value is -2.73. The minimum absolute atomic E-state index is 0.0388. The molecule has 0 aliphatic rings. The predicted molar refractivity (Wildman–Crippen MR) is 104 cm³/mol. The van der Waals surface area contributed by atoms with Gasteiger partial charge in [0.15, 0.2) is 5.78 Å². The minimum atomic E-state index is -0.121. The van der Waals surface area contributed by atoms with Gasteiger partial charge in [0.25, 0.3) is 5.91 Å². The highest BCUT2D eigenvalue weighted by molar-refractivity contribution is 7.12. The van der Waals surface area contributed by atoms with Gasteiger partial charge in [0.1, 0.15) is 5.82 Å². The second-order valence-electron chi connectivity index (χ2n) is 5.95. The predicted octanol–water partition coefficient (Wildman–Crippen LogP) is 3.81. The van der Waals surface area contributed by atoms with Crippen molar-refractivity contribution in [3.8, 4) is 11.1 Å². The Morgan fingerprint density at radius 3 is 2.88 bits per heavy atom. The van der Waals surface area contributed by atoms with Crippen molar-refractivity contribution in [2.24, 2.45) is 0 Å². The molecule has 1 amide bonds. The third kappa shape index (κ3) is 3.91. The molecule has 0 fully saturated rings. The molecule has 0 saturated heterocycles. The van der Waals surface area contributed by atoms with Crippen LogP contribution in [0.1, 0.15) is 39.7 Å². The van der Waals surface area contributed by atoms with Crippen molar-refractivity contribution >= 4 is 23.0 Å². The van der Waals surface area contributed by atoms with Gasteiger partial charge in [-0.15, -0.1) is 11.3 Å². The molecule has 5 nitrogen and oxygen atoms in total. The summed E-state index contributed by atoms with van der Waals surface area (Å²) in [6.45, 7) is 4.84. The van der Waals surface area contributed by atoms with E-state index in [1.54, 1.807) is 19.2 Å². The van der Waals surface area contributed by atoms with Crippen LogP contribution in [0.2, 0.25) is 0 Å². The van der Waals surface area contributed by atoms with E-state index in [1.807, 2.05) is 40.4 Å². The first-order valence-corrected chi connectivity index (χ1v) is 9.45. The molecule has 2 heterocycles. The molecule has 2 aromatic heterocycles. The Morgan fingerprint density at radius 1 is 1.27 bits per heavy atom. The maximum atomic E-state index is 12.5. The lowest BCUT2D eigenvalue weighted by Gasteiger charge is -2.09. The van der Waals surface area contributed by atoms with Gasteiger partial charge >= 0.3 is 0 Å². The van der Waals surface area contributed by atoms with Crippen molar-refractivity contribution in [1.29, 1.82) is 0 Å². The Bertz CT molecular complexity index is 927. The Morgan fingerprint density at radius 2 is 2.12 bits per heavy atom. The van der Waals surface area contributed by atoms with Crippen LogP contribution in [0, 0.1) is 0 Å². The molecule has 0 unspecified atom stereocenters. The molecule has 0 spiro atoms. The average molecular weight is 367 g/mol. The molecule has 134 valence electrons. The zero-order valence-corrected chi connectivity index (χ0v) is 15.7. The third-order valence-electron chi connectivity index (χ3n) is 4.18. The van der Waals surface area contributed by atoms with Crippen LogP contribution in [-0.4, -0.2) is 27.8 Å². The van der Waals surface area contributed by atoms with E-state index in [2.05, 4.69) is 17.2 Å². The van der Waals surface area contributed by atoms with Gasteiger partial charge in [-0.3, -0.25) is 9.59 Å². The summed E-state index contributed by atoms with van der Waals surface area (Å²) in [5.41, 5.74) is 2.35. The SMILES string of the molecule is CCc1nccn1CCNC(=O)c1cccc(-c2ccsc2C(C)=O)c1. The molecule has 0 radical (unpaired) electrons. The van der Waals surface area contributed by atoms with E-state index in [0.29, 0.717) is 18.7 Å². The summed E-state index contributed by atoms with van der Waals surface area (Å²) in [5.74, 6) is 0.928. The monoisotopic (exact) mass is 367 g/mol. The van der Waals surface area contributed by atoms with Gasteiger partial charge in [-0.1, -0.05) is 19.1 Å². The lowest BCUT2D eigenvalue weighted by molar-refractivity contribution is 0.0951. The van der Waals surface area contributed by atoms with E-state index in [4.69, 9.17) is 0 Å². The van der Waals surface area contributed by atoms with Crippen LogP contribution >= 0.6 is 11.3 Å². The van der Waals surface area contributed by atoms with Crippen LogP contribution in [0.15, 0.2) is 48.1 Å². The number of ketones is 1. The summed E-state index contributed by atoms with van der Waals surface area (Å²) in [7, 11) is 0. The Balaban J connectivity index is 1.68. The maximum absolute atomic E-state index is 12.5. The van der Waals surface area contributed by atoms with Crippen molar-refractivity contribution < 1.29 is 9.59 Å². The van der Waals surface area contributed by atoms with Gasteiger partial charge in [0.05, 0.1) is 4.88 Å². The number of hydrogen-bond acceptors (Lipinski definition) is 4. The fraction of sp³-hybridized carbons (Fsp3) is 0.250. The van der Waals surface area contributed by atoms with Crippen molar-refractivity contribution in [2.75, 3.05) is 6.54 Å². The van der Waals surface area contributed by atoms with Crippen LogP contribution in [0.5, 0.6) is 0 Å². The normalized spacial score (nSPS) is 10.7. The smallest absolute Gasteiger partial charge is 0.251 e. The average Bonchev–Trinajstić information content (AvgIpc) is 3.31. The number of benzene rings is 1. The summed E-state index contributed by atoms with van der Waals surface area (Å²) in [4.78, 5) is 29.2. The number of rotatable bonds is 7. The van der Waals surface area contributed by atoms with E-state index in [-0.39, 0.29) is 11.7 Å². The summed E-state index contributed by atoms with van der Waals surface area (Å²) < 4.78 is 2.04. The molecule has 0 atom stereocenters. The van der Waals surface area contributed by atoms with E-state index >= 15 is 0 Å². The lowest BCUT2D eigenvalue weighted by atomic mass is 10.0. The molecule has 0 aliphatic heterocycles. The van der Waals surface area contributed by atoms with Gasteiger partial charge in [0.2, 0.25) is 0 Å². The molecular weight excluding hydrogens is 346 g/mol. The van der Waals surface area contributed by atoms with Crippen LogP contribution in [0.25, 0.3) is 11.1 Å². The first-order valence-electron chi connectivity index (χ1n) is 8.57. The molecule has 1 aromatic carbocycles. The topological polar surface area (TPSA) is 64.0 Å². The highest BCUT2D eigenvalue weighted by atomic mass is 32.1. The van der Waals surface area contributed by atoms with Gasteiger partial charge < -0.3 is 9.88 Å². The number of carbonyl (C=O) groups excluding carboxylic acids is 2. The Labute approximate surface area is 156 Å². The van der Waals surface area contributed by atoms with Crippen molar-refractivity contribution in [2.45, 2.75) is 26.8 Å². The summed E-state index contributed by atoms with van der Waals surface area (Å²) in [6.07, 6.45) is 4.56. The Kier molecular flexibility index (Phi) is 5.63. The second kappa shape index (κ2) is 8.10. The molecule has 6 heteroatoms. The molecular formula is C20H21N3O2S. The zero-order valence-electron chi connectivity index (χ0n) is 14.9. The number of nitrogens with zero attached hydrogens (tertiary/aromatic N) is 2. The third-order valence-corrected chi connectivity index (χ3v) is 5.19. The fourth-order valence-corrected chi connectivity index (χ4v) is 3.71. The van der Waals surface area contributed by atoms with Crippen molar-refractivity contribution in [3.05, 3.63) is 64.4 Å². The number of carbonyl (C=O) groups is 2. The molecule has 26 heavy (non-hydrogen) atoms. The van der Waals surface area contributed by atoms with Crippen LogP contribution in [-0.2, 0) is 13.0 Å². The number of imidazole rings is 1. The van der Waals surface area contributed by atoms with Crippen molar-refractivity contribution in [1.82, 2.24) is 14.9 Å². The largest absolute Gasteiger partial charge is 0.350 e. The van der Waals surface area contributed by atoms with E-state index in [0.717, 1.165) is 28.2 Å². The minimum Gasteiger partial charge on any atom is -0.350 e. The van der Waals surface area contributed by atoms with Crippen LogP contribution in [0.4, 0.5) is 0 Å². The number of amides is 1. The summed E-state index contributed by atoms with van der Waals surface area (Å²) in [6, 6.07) is 9.30. The van der Waals surface area contributed by atoms with Crippen molar-refractivity contribution in [3.63, 3.8) is 0 Å². The van der Waals surface area contributed by atoms with E-state index in [1.165, 1.54) is 11.3 Å². The lowest BCUT2D eigenvalue weighted by Crippen LogP contribution is -2.27. The number of nitrogens with one attached hydrogen (secondary N) is 1.